The number of hydrogen-bond acceptors (Lipinski definition) is 3. The summed E-state index contributed by atoms with van der Waals surface area (Å²) in [5.41, 5.74) is 0.413. The van der Waals surface area contributed by atoms with Crippen LogP contribution in [0.25, 0.3) is 0 Å². The molecule has 0 spiro atoms. The zero-order chi connectivity index (χ0) is 16.2. The van der Waals surface area contributed by atoms with E-state index in [0.29, 0.717) is 18.7 Å². The van der Waals surface area contributed by atoms with Crippen LogP contribution in [0.4, 0.5) is 5.69 Å². The number of para-hydroxylation sites is 1. The Morgan fingerprint density at radius 2 is 1.95 bits per heavy atom. The first-order chi connectivity index (χ1) is 10.5. The van der Waals surface area contributed by atoms with E-state index in [-0.39, 0.29) is 10.6 Å². The fourth-order valence-corrected chi connectivity index (χ4v) is 3.56. The Hall–Kier alpha value is -2.28. The van der Waals surface area contributed by atoms with E-state index >= 15 is 0 Å². The van der Waals surface area contributed by atoms with Crippen molar-refractivity contribution in [3.05, 3.63) is 48.3 Å². The van der Waals surface area contributed by atoms with Gasteiger partial charge in [0.05, 0.1) is 5.69 Å². The molecule has 0 radical (unpaired) electrons. The summed E-state index contributed by atoms with van der Waals surface area (Å²) >= 11 is 0. The Kier molecular flexibility index (Phi) is 4.87. The minimum absolute atomic E-state index is 0.0511. The maximum absolute atomic E-state index is 12.8. The normalized spacial score (nSPS) is 11.3. The van der Waals surface area contributed by atoms with Crippen LogP contribution in [0.1, 0.15) is 30.3 Å². The van der Waals surface area contributed by atoms with Gasteiger partial charge in [-0.25, -0.2) is 13.2 Å². The maximum Gasteiger partial charge on any atom is 0.352 e. The number of unbranched alkanes of at least 4 members (excludes halogenated alkanes) is 1. The van der Waals surface area contributed by atoms with Crippen LogP contribution in [0.3, 0.4) is 0 Å². The van der Waals surface area contributed by atoms with Crippen LogP contribution in [0, 0.1) is 0 Å². The lowest BCUT2D eigenvalue weighted by molar-refractivity contribution is 0.0691. The van der Waals surface area contributed by atoms with Gasteiger partial charge in [-0.3, -0.25) is 4.31 Å². The van der Waals surface area contributed by atoms with Gasteiger partial charge in [0.1, 0.15) is 10.6 Å². The van der Waals surface area contributed by atoms with E-state index in [4.69, 9.17) is 5.11 Å². The first-order valence-electron chi connectivity index (χ1n) is 6.96. The molecule has 0 unspecified atom stereocenters. The molecule has 2 aromatic rings. The second-order valence-electron chi connectivity index (χ2n) is 4.82. The number of rotatable bonds is 7. The van der Waals surface area contributed by atoms with Gasteiger partial charge in [0.25, 0.3) is 10.0 Å². The Labute approximate surface area is 129 Å². The molecule has 22 heavy (non-hydrogen) atoms. The fraction of sp³-hybridized carbons (Fsp3) is 0.267. The van der Waals surface area contributed by atoms with Crippen molar-refractivity contribution in [3.63, 3.8) is 0 Å². The number of aromatic nitrogens is 1. The lowest BCUT2D eigenvalue weighted by atomic mass is 10.3. The number of H-pyrrole nitrogens is 1. The first-order valence-corrected chi connectivity index (χ1v) is 8.40. The van der Waals surface area contributed by atoms with Crippen LogP contribution < -0.4 is 4.31 Å². The zero-order valence-corrected chi connectivity index (χ0v) is 13.0. The Balaban J connectivity index is 2.42. The van der Waals surface area contributed by atoms with E-state index < -0.39 is 16.0 Å². The number of anilines is 1. The van der Waals surface area contributed by atoms with Crippen molar-refractivity contribution in [3.8, 4) is 0 Å². The van der Waals surface area contributed by atoms with Gasteiger partial charge in [-0.2, -0.15) is 0 Å². The Morgan fingerprint density at radius 1 is 1.27 bits per heavy atom. The maximum atomic E-state index is 12.8. The molecule has 0 aliphatic rings. The molecule has 0 aliphatic carbocycles. The quantitative estimate of drug-likeness (QED) is 0.820. The monoisotopic (exact) mass is 322 g/mol. The number of carboxylic acid groups (broad SMARTS) is 1. The van der Waals surface area contributed by atoms with Crippen LogP contribution in [-0.2, 0) is 10.0 Å². The predicted octanol–water partition coefficient (Wildman–Crippen LogP) is 2.71. The van der Waals surface area contributed by atoms with E-state index in [1.54, 1.807) is 24.3 Å². The molecule has 0 aliphatic heterocycles. The van der Waals surface area contributed by atoms with Crippen molar-refractivity contribution in [1.82, 2.24) is 4.98 Å². The molecule has 2 rings (SSSR count). The number of hydrogen-bond donors (Lipinski definition) is 2. The first kappa shape index (κ1) is 16.1. The standard InChI is InChI=1S/C15H18N2O4S/c1-2-3-9-17(12-7-5-4-6-8-12)22(20,21)13-10-14(15(18)19)16-11-13/h4-8,10-11,16H,2-3,9H2,1H3,(H,18,19). The largest absolute Gasteiger partial charge is 0.477 e. The van der Waals surface area contributed by atoms with Gasteiger partial charge in [0.15, 0.2) is 0 Å². The van der Waals surface area contributed by atoms with Gasteiger partial charge >= 0.3 is 5.97 Å². The van der Waals surface area contributed by atoms with Gasteiger partial charge in [0.2, 0.25) is 0 Å². The third-order valence-electron chi connectivity index (χ3n) is 3.23. The van der Waals surface area contributed by atoms with Gasteiger partial charge in [-0.05, 0) is 24.6 Å². The lowest BCUT2D eigenvalue weighted by Crippen LogP contribution is -2.31. The number of aromatic carboxylic acids is 1. The fourth-order valence-electron chi connectivity index (χ4n) is 2.06. The Bertz CT molecular complexity index is 738. The van der Waals surface area contributed by atoms with Crippen molar-refractivity contribution in [2.75, 3.05) is 10.8 Å². The summed E-state index contributed by atoms with van der Waals surface area (Å²) < 4.78 is 26.9. The van der Waals surface area contributed by atoms with E-state index in [9.17, 15) is 13.2 Å². The van der Waals surface area contributed by atoms with Crippen LogP contribution in [-0.4, -0.2) is 31.0 Å². The van der Waals surface area contributed by atoms with Crippen LogP contribution in [0.2, 0.25) is 0 Å². The number of sulfonamides is 1. The van der Waals surface area contributed by atoms with E-state index in [0.717, 1.165) is 12.5 Å². The molecular formula is C15H18N2O4S. The highest BCUT2D eigenvalue weighted by Crippen LogP contribution is 2.24. The minimum atomic E-state index is -3.80. The molecule has 7 heteroatoms. The third kappa shape index (κ3) is 3.30. The second-order valence-corrected chi connectivity index (χ2v) is 6.68. The molecule has 0 amide bonds. The molecule has 1 aromatic carbocycles. The number of carboxylic acids is 1. The highest BCUT2D eigenvalue weighted by atomic mass is 32.2. The predicted molar refractivity (Wildman–Crippen MR) is 83.6 cm³/mol. The summed E-state index contributed by atoms with van der Waals surface area (Å²) in [5, 5.41) is 8.92. The number of nitrogens with one attached hydrogen (secondary N) is 1. The number of nitrogens with zero attached hydrogens (tertiary/aromatic N) is 1. The van der Waals surface area contributed by atoms with Crippen molar-refractivity contribution in [2.24, 2.45) is 0 Å². The van der Waals surface area contributed by atoms with Crippen molar-refractivity contribution in [2.45, 2.75) is 24.7 Å². The van der Waals surface area contributed by atoms with E-state index in [2.05, 4.69) is 4.98 Å². The van der Waals surface area contributed by atoms with Crippen LogP contribution in [0.5, 0.6) is 0 Å². The Morgan fingerprint density at radius 3 is 2.50 bits per heavy atom. The summed E-state index contributed by atoms with van der Waals surface area (Å²) in [4.78, 5) is 13.3. The second kappa shape index (κ2) is 6.65. The summed E-state index contributed by atoms with van der Waals surface area (Å²) in [6, 6.07) is 9.93. The molecule has 0 saturated carbocycles. The van der Waals surface area contributed by atoms with Crippen molar-refractivity contribution < 1.29 is 18.3 Å². The molecule has 0 saturated heterocycles. The van der Waals surface area contributed by atoms with E-state index in [1.165, 1.54) is 10.5 Å². The number of benzene rings is 1. The molecule has 0 atom stereocenters. The number of aromatic amines is 1. The molecule has 0 fully saturated rings. The van der Waals surface area contributed by atoms with Gasteiger partial charge in [-0.15, -0.1) is 0 Å². The van der Waals surface area contributed by atoms with Gasteiger partial charge in [0, 0.05) is 12.7 Å². The molecule has 0 bridgehead atoms. The summed E-state index contributed by atoms with van der Waals surface area (Å²) in [6.07, 6.45) is 2.78. The topological polar surface area (TPSA) is 90.5 Å². The molecular weight excluding hydrogens is 304 g/mol. The summed E-state index contributed by atoms with van der Waals surface area (Å²) in [5.74, 6) is -1.19. The molecule has 2 N–H and O–H groups in total. The van der Waals surface area contributed by atoms with Gasteiger partial charge in [-0.1, -0.05) is 31.5 Å². The smallest absolute Gasteiger partial charge is 0.352 e. The van der Waals surface area contributed by atoms with Crippen molar-refractivity contribution in [1.29, 1.82) is 0 Å². The van der Waals surface area contributed by atoms with Crippen LogP contribution in [0.15, 0.2) is 47.5 Å². The van der Waals surface area contributed by atoms with Gasteiger partial charge < -0.3 is 10.1 Å². The minimum Gasteiger partial charge on any atom is -0.477 e. The summed E-state index contributed by atoms with van der Waals surface area (Å²) in [6.45, 7) is 2.32. The third-order valence-corrected chi connectivity index (χ3v) is 5.04. The van der Waals surface area contributed by atoms with Crippen LogP contribution >= 0.6 is 0 Å². The summed E-state index contributed by atoms with van der Waals surface area (Å²) in [7, 11) is -3.80. The highest BCUT2D eigenvalue weighted by Gasteiger charge is 2.26. The average Bonchev–Trinajstić information content (AvgIpc) is 2.99. The molecule has 1 heterocycles. The number of carbonyl (C=O) groups is 1. The highest BCUT2D eigenvalue weighted by molar-refractivity contribution is 7.92. The molecule has 1 aromatic heterocycles. The average molecular weight is 322 g/mol. The van der Waals surface area contributed by atoms with E-state index in [1.807, 2.05) is 13.0 Å². The van der Waals surface area contributed by atoms with Crippen molar-refractivity contribution >= 4 is 21.7 Å². The lowest BCUT2D eigenvalue weighted by Gasteiger charge is -2.23. The SMILES string of the molecule is CCCCN(c1ccccc1)S(=O)(=O)c1c[nH]c(C(=O)O)c1. The molecule has 6 nitrogen and oxygen atoms in total. The zero-order valence-electron chi connectivity index (χ0n) is 12.2. The molecule has 118 valence electrons.